The van der Waals surface area contributed by atoms with Crippen molar-refractivity contribution in [3.8, 4) is 5.75 Å². The van der Waals surface area contributed by atoms with Crippen molar-refractivity contribution in [3.05, 3.63) is 65.2 Å². The number of carboxylic acid groups (broad SMARTS) is 1. The van der Waals surface area contributed by atoms with Gasteiger partial charge in [-0.3, -0.25) is 0 Å². The van der Waals surface area contributed by atoms with Crippen LogP contribution in [0.1, 0.15) is 21.5 Å². The fraction of sp³-hybridized carbons (Fsp3) is 0.188. The summed E-state index contributed by atoms with van der Waals surface area (Å²) in [6.45, 7) is 0.483. The average molecular weight is 310 g/mol. The summed E-state index contributed by atoms with van der Waals surface area (Å²) in [6, 6.07) is 11.9. The quantitative estimate of drug-likeness (QED) is 0.865. The third kappa shape index (κ3) is 4.00. The van der Waals surface area contributed by atoms with Gasteiger partial charge in [0.2, 0.25) is 0 Å². The number of aromatic carboxylic acids is 1. The van der Waals surface area contributed by atoms with Crippen molar-refractivity contribution in [2.75, 3.05) is 6.61 Å². The summed E-state index contributed by atoms with van der Waals surface area (Å²) in [5.41, 5.74) is 0.379. The first kappa shape index (κ1) is 15.9. The molecule has 3 rings (SSSR count). The highest BCUT2D eigenvalue weighted by atomic mass is 19.4. The summed E-state index contributed by atoms with van der Waals surface area (Å²) < 4.78 is 41.7. The Morgan fingerprint density at radius 3 is 2.32 bits per heavy atom. The molecule has 1 aliphatic rings. The Morgan fingerprint density at radius 2 is 1.77 bits per heavy atom. The first-order valence-corrected chi connectivity index (χ1v) is 6.49. The lowest BCUT2D eigenvalue weighted by Gasteiger charge is -2.07. The van der Waals surface area contributed by atoms with Crippen LogP contribution in [0.4, 0.5) is 13.2 Å². The number of fused-ring (bicyclic) bond motifs is 1. The summed E-state index contributed by atoms with van der Waals surface area (Å²) in [4.78, 5) is 10.2. The van der Waals surface area contributed by atoms with E-state index in [1.54, 1.807) is 30.3 Å². The number of hydrogen-bond acceptors (Lipinski definition) is 2. The van der Waals surface area contributed by atoms with E-state index in [4.69, 9.17) is 9.84 Å². The number of carboxylic acids is 1. The molecule has 2 aromatic carbocycles. The molecule has 0 aliphatic carbocycles. The van der Waals surface area contributed by atoms with Crippen LogP contribution in [-0.2, 0) is 12.6 Å². The van der Waals surface area contributed by atoms with E-state index >= 15 is 0 Å². The molecule has 1 N–H and O–H groups in total. The highest BCUT2D eigenvalue weighted by Gasteiger charge is 2.31. The van der Waals surface area contributed by atoms with Gasteiger partial charge >= 0.3 is 12.1 Å². The topological polar surface area (TPSA) is 46.5 Å². The number of halogens is 3. The lowest BCUT2D eigenvalue weighted by atomic mass is 10.1. The SMILES string of the molecule is FC(F)(F)c1ccc2c(c1)CCO2.O=C(O)c1ccccc1. The summed E-state index contributed by atoms with van der Waals surface area (Å²) in [5, 5.41) is 8.38. The Kier molecular flexibility index (Phi) is 4.70. The highest BCUT2D eigenvalue weighted by molar-refractivity contribution is 5.87. The van der Waals surface area contributed by atoms with Gasteiger partial charge in [-0.2, -0.15) is 13.2 Å². The smallest absolute Gasteiger partial charge is 0.416 e. The van der Waals surface area contributed by atoms with E-state index in [-0.39, 0.29) is 0 Å². The third-order valence-electron chi connectivity index (χ3n) is 3.04. The lowest BCUT2D eigenvalue weighted by molar-refractivity contribution is -0.137. The van der Waals surface area contributed by atoms with Crippen LogP contribution in [0.2, 0.25) is 0 Å². The summed E-state index contributed by atoms with van der Waals surface area (Å²) in [6.07, 6.45) is -3.68. The van der Waals surface area contributed by atoms with Crippen LogP contribution in [0.25, 0.3) is 0 Å². The minimum atomic E-state index is -4.25. The average Bonchev–Trinajstić information content (AvgIpc) is 2.95. The Morgan fingerprint density at radius 1 is 1.09 bits per heavy atom. The van der Waals surface area contributed by atoms with Gasteiger partial charge in [0.15, 0.2) is 0 Å². The number of benzene rings is 2. The van der Waals surface area contributed by atoms with Crippen molar-refractivity contribution in [2.24, 2.45) is 0 Å². The molecule has 0 saturated heterocycles. The fourth-order valence-corrected chi connectivity index (χ4v) is 1.94. The zero-order chi connectivity index (χ0) is 16.2. The van der Waals surface area contributed by atoms with Gasteiger partial charge in [-0.1, -0.05) is 18.2 Å². The molecule has 0 fully saturated rings. The van der Waals surface area contributed by atoms with Gasteiger partial charge in [-0.05, 0) is 35.9 Å². The van der Waals surface area contributed by atoms with Gasteiger partial charge < -0.3 is 9.84 Å². The molecule has 0 radical (unpaired) electrons. The van der Waals surface area contributed by atoms with Crippen LogP contribution < -0.4 is 4.74 Å². The molecule has 3 nitrogen and oxygen atoms in total. The molecule has 0 atom stereocenters. The minimum Gasteiger partial charge on any atom is -0.493 e. The van der Waals surface area contributed by atoms with E-state index in [2.05, 4.69) is 0 Å². The van der Waals surface area contributed by atoms with E-state index in [0.29, 0.717) is 29.9 Å². The molecule has 22 heavy (non-hydrogen) atoms. The molecule has 0 aromatic heterocycles. The molecule has 2 aromatic rings. The molecule has 1 heterocycles. The maximum absolute atomic E-state index is 12.2. The molecule has 0 bridgehead atoms. The van der Waals surface area contributed by atoms with Gasteiger partial charge in [0, 0.05) is 6.42 Å². The van der Waals surface area contributed by atoms with Crippen LogP contribution in [-0.4, -0.2) is 17.7 Å². The van der Waals surface area contributed by atoms with Crippen molar-refractivity contribution in [1.82, 2.24) is 0 Å². The third-order valence-corrected chi connectivity index (χ3v) is 3.04. The standard InChI is InChI=1S/C9H7F3O.C7H6O2/c10-9(11,12)7-1-2-8-6(5-7)3-4-13-8;8-7(9)6-4-2-1-3-5-6/h1-2,5H,3-4H2;1-5H,(H,8,9). The Labute approximate surface area is 125 Å². The second-order valence-electron chi connectivity index (χ2n) is 4.59. The summed E-state index contributed by atoms with van der Waals surface area (Å²) in [5.74, 6) is -0.302. The van der Waals surface area contributed by atoms with E-state index in [0.717, 1.165) is 12.1 Å². The molecule has 0 saturated carbocycles. The summed E-state index contributed by atoms with van der Waals surface area (Å²) >= 11 is 0. The number of alkyl halides is 3. The van der Waals surface area contributed by atoms with Crippen molar-refractivity contribution in [2.45, 2.75) is 12.6 Å². The molecule has 0 unspecified atom stereocenters. The molecular weight excluding hydrogens is 297 g/mol. The highest BCUT2D eigenvalue weighted by Crippen LogP contribution is 2.34. The van der Waals surface area contributed by atoms with Crippen LogP contribution in [0.3, 0.4) is 0 Å². The van der Waals surface area contributed by atoms with E-state index < -0.39 is 17.7 Å². The maximum atomic E-state index is 12.2. The van der Waals surface area contributed by atoms with E-state index in [1.165, 1.54) is 6.07 Å². The van der Waals surface area contributed by atoms with Crippen molar-refractivity contribution in [3.63, 3.8) is 0 Å². The molecule has 6 heteroatoms. The second kappa shape index (κ2) is 6.51. The Hall–Kier alpha value is -2.50. The van der Waals surface area contributed by atoms with Crippen molar-refractivity contribution < 1.29 is 27.8 Å². The van der Waals surface area contributed by atoms with Crippen LogP contribution in [0, 0.1) is 0 Å². The second-order valence-corrected chi connectivity index (χ2v) is 4.59. The summed E-state index contributed by atoms with van der Waals surface area (Å²) in [7, 11) is 0. The number of carbonyl (C=O) groups is 1. The van der Waals surface area contributed by atoms with Gasteiger partial charge in [0.25, 0.3) is 0 Å². The van der Waals surface area contributed by atoms with E-state index in [9.17, 15) is 18.0 Å². The van der Waals surface area contributed by atoms with Gasteiger partial charge in [-0.15, -0.1) is 0 Å². The van der Waals surface area contributed by atoms with Crippen molar-refractivity contribution in [1.29, 1.82) is 0 Å². The maximum Gasteiger partial charge on any atom is 0.416 e. The normalized spacial score (nSPS) is 12.7. The fourth-order valence-electron chi connectivity index (χ4n) is 1.94. The number of rotatable bonds is 1. The monoisotopic (exact) mass is 310 g/mol. The molecule has 0 spiro atoms. The van der Waals surface area contributed by atoms with Crippen molar-refractivity contribution >= 4 is 5.97 Å². The van der Waals surface area contributed by atoms with Gasteiger partial charge in [0.05, 0.1) is 17.7 Å². The number of hydrogen-bond donors (Lipinski definition) is 1. The molecule has 0 amide bonds. The number of ether oxygens (including phenoxy) is 1. The lowest BCUT2D eigenvalue weighted by Crippen LogP contribution is -2.04. The van der Waals surface area contributed by atoms with Crippen LogP contribution in [0.15, 0.2) is 48.5 Å². The van der Waals surface area contributed by atoms with E-state index in [1.807, 2.05) is 0 Å². The van der Waals surface area contributed by atoms with Crippen LogP contribution >= 0.6 is 0 Å². The zero-order valence-electron chi connectivity index (χ0n) is 11.4. The predicted octanol–water partition coefficient (Wildman–Crippen LogP) is 4.03. The molecule has 116 valence electrons. The first-order valence-electron chi connectivity index (χ1n) is 6.49. The van der Waals surface area contributed by atoms with Gasteiger partial charge in [0.1, 0.15) is 5.75 Å². The predicted molar refractivity (Wildman–Crippen MR) is 74.0 cm³/mol. The Bertz CT molecular complexity index is 651. The molecule has 1 aliphatic heterocycles. The minimum absolute atomic E-state index is 0.331. The Balaban J connectivity index is 0.000000172. The van der Waals surface area contributed by atoms with Crippen LogP contribution in [0.5, 0.6) is 5.75 Å². The van der Waals surface area contributed by atoms with Gasteiger partial charge in [-0.25, -0.2) is 4.79 Å². The zero-order valence-corrected chi connectivity index (χ0v) is 11.4. The largest absolute Gasteiger partial charge is 0.493 e. The first-order chi connectivity index (χ1) is 10.4. The molecular formula is C16H13F3O3.